The molecule has 0 amide bonds. The zero-order valence-electron chi connectivity index (χ0n) is 16.5. The van der Waals surface area contributed by atoms with Crippen LogP contribution in [0.1, 0.15) is 42.4 Å². The second-order valence-corrected chi connectivity index (χ2v) is 9.74. The third-order valence-corrected chi connectivity index (χ3v) is 7.60. The van der Waals surface area contributed by atoms with Gasteiger partial charge in [0, 0.05) is 31.5 Å². The van der Waals surface area contributed by atoms with E-state index in [0.29, 0.717) is 23.9 Å². The van der Waals surface area contributed by atoms with Crippen molar-refractivity contribution in [2.75, 3.05) is 24.5 Å². The van der Waals surface area contributed by atoms with Crippen LogP contribution in [0.25, 0.3) is 5.65 Å². The van der Waals surface area contributed by atoms with E-state index >= 15 is 0 Å². The molecule has 2 fully saturated rings. The van der Waals surface area contributed by atoms with Gasteiger partial charge in [-0.15, -0.1) is 15.3 Å². The maximum absolute atomic E-state index is 12.6. The van der Waals surface area contributed by atoms with Crippen LogP contribution in [0.4, 0.5) is 5.82 Å². The van der Waals surface area contributed by atoms with Gasteiger partial charge in [0.2, 0.25) is 10.0 Å². The highest BCUT2D eigenvalue weighted by Crippen LogP contribution is 2.35. The molecule has 0 aromatic carbocycles. The Morgan fingerprint density at radius 3 is 2.66 bits per heavy atom. The quantitative estimate of drug-likeness (QED) is 0.618. The van der Waals surface area contributed by atoms with Crippen molar-refractivity contribution in [2.45, 2.75) is 43.9 Å². The van der Waals surface area contributed by atoms with E-state index in [-0.39, 0.29) is 10.8 Å². The van der Waals surface area contributed by atoms with Crippen molar-refractivity contribution in [3.63, 3.8) is 0 Å². The minimum atomic E-state index is -3.56. The fourth-order valence-corrected chi connectivity index (χ4v) is 5.49. The summed E-state index contributed by atoms with van der Waals surface area (Å²) in [6.07, 6.45) is 3.53. The first-order chi connectivity index (χ1) is 13.9. The zero-order chi connectivity index (χ0) is 20.2. The summed E-state index contributed by atoms with van der Waals surface area (Å²) in [6, 6.07) is 3.89. The summed E-state index contributed by atoms with van der Waals surface area (Å²) in [7, 11) is -3.56. The number of anilines is 1. The third kappa shape index (κ3) is 3.18. The molecule has 0 bridgehead atoms. The van der Waals surface area contributed by atoms with Crippen molar-refractivity contribution in [1.82, 2.24) is 34.7 Å². The largest absolute Gasteiger partial charge is 0.354 e. The smallest absolute Gasteiger partial charge is 0.244 e. The number of rotatable bonds is 6. The molecule has 11 heteroatoms. The molecule has 5 rings (SSSR count). The minimum absolute atomic E-state index is 0.238. The molecular weight excluding hydrogens is 392 g/mol. The number of aryl methyl sites for hydroxylation is 2. The fourth-order valence-electron chi connectivity index (χ4n) is 4.01. The van der Waals surface area contributed by atoms with E-state index in [0.717, 1.165) is 43.2 Å². The van der Waals surface area contributed by atoms with Crippen LogP contribution in [-0.2, 0) is 10.0 Å². The van der Waals surface area contributed by atoms with Crippen LogP contribution in [0.5, 0.6) is 0 Å². The summed E-state index contributed by atoms with van der Waals surface area (Å²) in [5, 5.41) is 20.0. The van der Waals surface area contributed by atoms with Gasteiger partial charge in [0.1, 0.15) is 10.7 Å². The predicted molar refractivity (Wildman–Crippen MR) is 106 cm³/mol. The lowest BCUT2D eigenvalue weighted by Gasteiger charge is -2.40. The van der Waals surface area contributed by atoms with Crippen molar-refractivity contribution < 1.29 is 8.42 Å². The van der Waals surface area contributed by atoms with Crippen LogP contribution in [-0.4, -0.2) is 58.1 Å². The van der Waals surface area contributed by atoms with E-state index in [9.17, 15) is 8.42 Å². The number of hydrogen-bond donors (Lipinski definition) is 2. The number of nitrogens with one attached hydrogen (secondary N) is 2. The van der Waals surface area contributed by atoms with Crippen LogP contribution >= 0.6 is 0 Å². The Labute approximate surface area is 168 Å². The molecule has 0 radical (unpaired) electrons. The third-order valence-electron chi connectivity index (χ3n) is 5.92. The summed E-state index contributed by atoms with van der Waals surface area (Å²) in [5.41, 5.74) is 1.81. The average Bonchev–Trinajstić information content (AvgIpc) is 3.15. The van der Waals surface area contributed by atoms with Crippen molar-refractivity contribution in [1.29, 1.82) is 0 Å². The summed E-state index contributed by atoms with van der Waals surface area (Å²) < 4.78 is 29.7. The van der Waals surface area contributed by atoms with E-state index in [1.807, 2.05) is 16.6 Å². The second kappa shape index (κ2) is 6.77. The van der Waals surface area contributed by atoms with Crippen LogP contribution in [0.15, 0.2) is 17.0 Å². The monoisotopic (exact) mass is 416 g/mol. The molecule has 29 heavy (non-hydrogen) atoms. The van der Waals surface area contributed by atoms with Gasteiger partial charge in [-0.25, -0.2) is 13.1 Å². The van der Waals surface area contributed by atoms with Crippen molar-refractivity contribution in [2.24, 2.45) is 5.92 Å². The summed E-state index contributed by atoms with van der Waals surface area (Å²) in [5.74, 6) is 2.52. The molecule has 1 aliphatic carbocycles. The van der Waals surface area contributed by atoms with Gasteiger partial charge < -0.3 is 4.90 Å². The molecular formula is C18H24N8O2S. The summed E-state index contributed by atoms with van der Waals surface area (Å²) >= 11 is 0. The first kappa shape index (κ1) is 18.5. The first-order valence-electron chi connectivity index (χ1n) is 9.91. The number of aromatic amines is 1. The van der Waals surface area contributed by atoms with E-state index in [2.05, 4.69) is 30.0 Å². The van der Waals surface area contributed by atoms with Gasteiger partial charge in [-0.3, -0.25) is 5.10 Å². The maximum atomic E-state index is 12.6. The Hall–Kier alpha value is -2.53. The Balaban J connectivity index is 1.23. The second-order valence-electron chi connectivity index (χ2n) is 8.03. The Bertz CT molecular complexity index is 1140. The molecule has 0 spiro atoms. The van der Waals surface area contributed by atoms with Gasteiger partial charge in [-0.1, -0.05) is 6.42 Å². The van der Waals surface area contributed by atoms with Gasteiger partial charge in [-0.05, 0) is 38.8 Å². The topological polar surface area (TPSA) is 121 Å². The maximum Gasteiger partial charge on any atom is 0.244 e. The normalized spacial score (nSPS) is 18.2. The molecule has 1 aliphatic heterocycles. The molecule has 0 unspecified atom stereocenters. The molecule has 3 aromatic rings. The van der Waals surface area contributed by atoms with Gasteiger partial charge >= 0.3 is 0 Å². The molecule has 4 heterocycles. The van der Waals surface area contributed by atoms with E-state index < -0.39 is 10.0 Å². The summed E-state index contributed by atoms with van der Waals surface area (Å²) in [6.45, 7) is 5.31. The standard InChI is InChI=1S/C18H24N8O2S/c1-11-17(12(2)21-20-11)29(27,28)19-8-13-9-25(10-13)16-7-6-15-22-23-18(26(15)24-16)14-4-3-5-14/h6-7,13-14,19H,3-5,8-10H2,1-2H3,(H,20,21). The SMILES string of the molecule is Cc1n[nH]c(C)c1S(=O)(=O)NCC1CN(c2ccc3nnc(C4CCC4)n3n2)C1. The van der Waals surface area contributed by atoms with Gasteiger partial charge in [-0.2, -0.15) is 9.61 Å². The first-order valence-corrected chi connectivity index (χ1v) is 11.4. The van der Waals surface area contributed by atoms with Crippen molar-refractivity contribution in [3.05, 3.63) is 29.3 Å². The molecule has 1 saturated carbocycles. The average molecular weight is 417 g/mol. The lowest BCUT2D eigenvalue weighted by Crippen LogP contribution is -2.52. The van der Waals surface area contributed by atoms with E-state index in [1.165, 1.54) is 6.42 Å². The molecule has 2 N–H and O–H groups in total. The number of nitrogens with zero attached hydrogens (tertiary/aromatic N) is 6. The highest BCUT2D eigenvalue weighted by atomic mass is 32.2. The molecule has 10 nitrogen and oxygen atoms in total. The molecule has 154 valence electrons. The molecule has 3 aromatic heterocycles. The highest BCUT2D eigenvalue weighted by molar-refractivity contribution is 7.89. The number of fused-ring (bicyclic) bond motifs is 1. The van der Waals surface area contributed by atoms with Gasteiger partial charge in [0.25, 0.3) is 0 Å². The number of sulfonamides is 1. The predicted octanol–water partition coefficient (Wildman–Crippen LogP) is 1.15. The van der Waals surface area contributed by atoms with Crippen LogP contribution in [0.2, 0.25) is 0 Å². The van der Waals surface area contributed by atoms with E-state index in [1.54, 1.807) is 13.8 Å². The number of H-pyrrole nitrogens is 1. The highest BCUT2D eigenvalue weighted by Gasteiger charge is 2.31. The van der Waals surface area contributed by atoms with Crippen LogP contribution in [0.3, 0.4) is 0 Å². The van der Waals surface area contributed by atoms with Crippen LogP contribution in [0, 0.1) is 19.8 Å². The van der Waals surface area contributed by atoms with Crippen molar-refractivity contribution in [3.8, 4) is 0 Å². The molecule has 0 atom stereocenters. The zero-order valence-corrected chi connectivity index (χ0v) is 17.3. The molecule has 1 saturated heterocycles. The van der Waals surface area contributed by atoms with Gasteiger partial charge in [0.05, 0.1) is 11.4 Å². The van der Waals surface area contributed by atoms with Crippen molar-refractivity contribution >= 4 is 21.5 Å². The van der Waals surface area contributed by atoms with Crippen LogP contribution < -0.4 is 9.62 Å². The lowest BCUT2D eigenvalue weighted by atomic mass is 9.85. The fraction of sp³-hybridized carbons (Fsp3) is 0.556. The van der Waals surface area contributed by atoms with Gasteiger partial charge in [0.15, 0.2) is 11.5 Å². The minimum Gasteiger partial charge on any atom is -0.354 e. The van der Waals surface area contributed by atoms with E-state index in [4.69, 9.17) is 5.10 Å². The molecule has 2 aliphatic rings. The number of aromatic nitrogens is 6. The Kier molecular flexibility index (Phi) is 4.32. The summed E-state index contributed by atoms with van der Waals surface area (Å²) in [4.78, 5) is 2.40. The number of hydrogen-bond acceptors (Lipinski definition) is 7. The Morgan fingerprint density at radius 1 is 1.21 bits per heavy atom. The Morgan fingerprint density at radius 2 is 2.00 bits per heavy atom. The lowest BCUT2D eigenvalue weighted by molar-refractivity contribution is 0.390.